The SMILES string of the molecule is CC1(C(O)CC2CC2)CCCCC12OCCO2. The van der Waals surface area contributed by atoms with E-state index in [4.69, 9.17) is 9.47 Å². The van der Waals surface area contributed by atoms with E-state index in [1.165, 1.54) is 19.3 Å². The van der Waals surface area contributed by atoms with Crippen molar-refractivity contribution in [1.82, 2.24) is 0 Å². The first-order chi connectivity index (χ1) is 8.16. The molecular weight excluding hydrogens is 216 g/mol. The third-order valence-corrected chi connectivity index (χ3v) is 5.06. The van der Waals surface area contributed by atoms with Crippen molar-refractivity contribution in [2.24, 2.45) is 11.3 Å². The highest BCUT2D eigenvalue weighted by atomic mass is 16.7. The first kappa shape index (κ1) is 11.9. The average molecular weight is 240 g/mol. The van der Waals surface area contributed by atoms with Crippen molar-refractivity contribution in [3.05, 3.63) is 0 Å². The van der Waals surface area contributed by atoms with Gasteiger partial charge in [0.05, 0.1) is 19.3 Å². The molecule has 2 unspecified atom stereocenters. The molecule has 1 aliphatic heterocycles. The molecule has 1 heterocycles. The largest absolute Gasteiger partial charge is 0.392 e. The number of rotatable bonds is 3. The fourth-order valence-corrected chi connectivity index (χ4v) is 3.60. The first-order valence-electron chi connectivity index (χ1n) is 7.12. The van der Waals surface area contributed by atoms with E-state index in [1.54, 1.807) is 0 Å². The maximum absolute atomic E-state index is 10.6. The van der Waals surface area contributed by atoms with E-state index in [-0.39, 0.29) is 11.5 Å². The van der Waals surface area contributed by atoms with Crippen molar-refractivity contribution in [3.63, 3.8) is 0 Å². The molecule has 0 aromatic heterocycles. The quantitative estimate of drug-likeness (QED) is 0.823. The molecule has 2 atom stereocenters. The second-order valence-electron chi connectivity index (χ2n) is 6.27. The molecule has 2 aliphatic carbocycles. The molecule has 0 amide bonds. The van der Waals surface area contributed by atoms with Gasteiger partial charge in [-0.05, 0) is 25.2 Å². The molecule has 98 valence electrons. The summed E-state index contributed by atoms with van der Waals surface area (Å²) in [6, 6.07) is 0. The van der Waals surface area contributed by atoms with E-state index < -0.39 is 5.79 Å². The van der Waals surface area contributed by atoms with Gasteiger partial charge in [0.1, 0.15) is 0 Å². The lowest BCUT2D eigenvalue weighted by molar-refractivity contribution is -0.277. The average Bonchev–Trinajstić information content (AvgIpc) is 3.01. The Morgan fingerprint density at radius 3 is 2.47 bits per heavy atom. The zero-order valence-corrected chi connectivity index (χ0v) is 10.8. The third-order valence-electron chi connectivity index (χ3n) is 5.06. The Bertz CT molecular complexity index is 281. The topological polar surface area (TPSA) is 38.7 Å². The van der Waals surface area contributed by atoms with Crippen LogP contribution >= 0.6 is 0 Å². The van der Waals surface area contributed by atoms with Gasteiger partial charge in [0, 0.05) is 11.8 Å². The highest BCUT2D eigenvalue weighted by molar-refractivity contribution is 5.01. The summed E-state index contributed by atoms with van der Waals surface area (Å²) in [7, 11) is 0. The number of ether oxygens (including phenoxy) is 2. The van der Waals surface area contributed by atoms with Gasteiger partial charge in [-0.1, -0.05) is 26.2 Å². The smallest absolute Gasteiger partial charge is 0.176 e. The minimum Gasteiger partial charge on any atom is -0.392 e. The molecule has 1 spiro atoms. The Labute approximate surface area is 103 Å². The second-order valence-corrected chi connectivity index (χ2v) is 6.27. The minimum atomic E-state index is -0.487. The van der Waals surface area contributed by atoms with Gasteiger partial charge in [-0.2, -0.15) is 0 Å². The lowest BCUT2D eigenvalue weighted by atomic mass is 9.66. The van der Waals surface area contributed by atoms with E-state index in [2.05, 4.69) is 6.92 Å². The third kappa shape index (κ3) is 1.92. The van der Waals surface area contributed by atoms with Crippen LogP contribution in [0.25, 0.3) is 0 Å². The first-order valence-corrected chi connectivity index (χ1v) is 7.12. The highest BCUT2D eigenvalue weighted by Crippen LogP contribution is 2.53. The van der Waals surface area contributed by atoms with Crippen LogP contribution in [0.3, 0.4) is 0 Å². The van der Waals surface area contributed by atoms with Crippen LogP contribution in [0.15, 0.2) is 0 Å². The standard InChI is InChI=1S/C14H24O3/c1-13(12(15)10-11-4-5-11)6-2-3-7-14(13)16-8-9-17-14/h11-12,15H,2-10H2,1H3. The van der Waals surface area contributed by atoms with Gasteiger partial charge >= 0.3 is 0 Å². The molecule has 3 rings (SSSR count). The zero-order chi connectivity index (χ0) is 11.9. The van der Waals surface area contributed by atoms with Crippen LogP contribution in [0.2, 0.25) is 0 Å². The van der Waals surface area contributed by atoms with Crippen LogP contribution in [-0.4, -0.2) is 30.2 Å². The molecular formula is C14H24O3. The molecule has 3 fully saturated rings. The van der Waals surface area contributed by atoms with Crippen molar-refractivity contribution in [2.45, 2.75) is 63.8 Å². The van der Waals surface area contributed by atoms with E-state index in [0.29, 0.717) is 13.2 Å². The fraction of sp³-hybridized carbons (Fsp3) is 1.00. The van der Waals surface area contributed by atoms with Crippen LogP contribution in [0.4, 0.5) is 0 Å². The summed E-state index contributed by atoms with van der Waals surface area (Å²) in [6.07, 6.45) is 7.58. The number of aliphatic hydroxyl groups excluding tert-OH is 1. The van der Waals surface area contributed by atoms with Crippen LogP contribution in [0, 0.1) is 11.3 Å². The summed E-state index contributed by atoms with van der Waals surface area (Å²) in [4.78, 5) is 0. The highest BCUT2D eigenvalue weighted by Gasteiger charge is 2.57. The van der Waals surface area contributed by atoms with Crippen molar-refractivity contribution >= 4 is 0 Å². The van der Waals surface area contributed by atoms with Gasteiger partial charge in [0.15, 0.2) is 5.79 Å². The Kier molecular flexibility index (Phi) is 2.96. The molecule has 1 saturated heterocycles. The summed E-state index contributed by atoms with van der Waals surface area (Å²) in [5.74, 6) is 0.265. The summed E-state index contributed by atoms with van der Waals surface area (Å²) < 4.78 is 11.9. The monoisotopic (exact) mass is 240 g/mol. The molecule has 3 aliphatic rings. The van der Waals surface area contributed by atoms with Gasteiger partial charge in [-0.25, -0.2) is 0 Å². The fourth-order valence-electron chi connectivity index (χ4n) is 3.60. The van der Waals surface area contributed by atoms with Crippen molar-refractivity contribution in [2.75, 3.05) is 13.2 Å². The maximum atomic E-state index is 10.6. The normalized spacial score (nSPS) is 38.5. The predicted molar refractivity (Wildman–Crippen MR) is 64.6 cm³/mol. The molecule has 2 saturated carbocycles. The summed E-state index contributed by atoms with van der Waals surface area (Å²) >= 11 is 0. The van der Waals surface area contributed by atoms with Gasteiger partial charge in [0.25, 0.3) is 0 Å². The zero-order valence-electron chi connectivity index (χ0n) is 10.8. The Balaban J connectivity index is 1.79. The van der Waals surface area contributed by atoms with Crippen LogP contribution in [0.5, 0.6) is 0 Å². The van der Waals surface area contributed by atoms with Crippen molar-refractivity contribution in [3.8, 4) is 0 Å². The molecule has 3 heteroatoms. The van der Waals surface area contributed by atoms with Crippen LogP contribution in [0.1, 0.15) is 51.9 Å². The van der Waals surface area contributed by atoms with Crippen LogP contribution in [-0.2, 0) is 9.47 Å². The molecule has 0 aromatic carbocycles. The van der Waals surface area contributed by atoms with Gasteiger partial charge in [-0.3, -0.25) is 0 Å². The molecule has 3 nitrogen and oxygen atoms in total. The van der Waals surface area contributed by atoms with E-state index in [9.17, 15) is 5.11 Å². The minimum absolute atomic E-state index is 0.204. The maximum Gasteiger partial charge on any atom is 0.176 e. The summed E-state index contributed by atoms with van der Waals surface area (Å²) in [6.45, 7) is 3.54. The number of hydrogen-bond acceptors (Lipinski definition) is 3. The van der Waals surface area contributed by atoms with Gasteiger partial charge in [-0.15, -0.1) is 0 Å². The van der Waals surface area contributed by atoms with E-state index in [1.807, 2.05) is 0 Å². The number of hydrogen-bond donors (Lipinski definition) is 1. The summed E-state index contributed by atoms with van der Waals surface area (Å²) in [5, 5.41) is 10.6. The number of aliphatic hydroxyl groups is 1. The molecule has 1 N–H and O–H groups in total. The van der Waals surface area contributed by atoms with Gasteiger partial charge in [0.2, 0.25) is 0 Å². The second kappa shape index (κ2) is 4.22. The van der Waals surface area contributed by atoms with Crippen LogP contribution < -0.4 is 0 Å². The van der Waals surface area contributed by atoms with E-state index in [0.717, 1.165) is 31.6 Å². The van der Waals surface area contributed by atoms with E-state index >= 15 is 0 Å². The Hall–Kier alpha value is -0.120. The predicted octanol–water partition coefficient (Wildman–Crippen LogP) is 2.47. The van der Waals surface area contributed by atoms with Gasteiger partial charge < -0.3 is 14.6 Å². The molecule has 0 bridgehead atoms. The van der Waals surface area contributed by atoms with Crippen molar-refractivity contribution < 1.29 is 14.6 Å². The van der Waals surface area contributed by atoms with Crippen molar-refractivity contribution in [1.29, 1.82) is 0 Å². The Morgan fingerprint density at radius 1 is 1.18 bits per heavy atom. The lowest BCUT2D eigenvalue weighted by Gasteiger charge is -2.50. The molecule has 0 aromatic rings. The lowest BCUT2D eigenvalue weighted by Crippen LogP contribution is -2.56. The molecule has 17 heavy (non-hydrogen) atoms. The summed E-state index contributed by atoms with van der Waals surface area (Å²) in [5.41, 5.74) is -0.204. The Morgan fingerprint density at radius 2 is 1.82 bits per heavy atom. The molecule has 0 radical (unpaired) electrons.